The Morgan fingerprint density at radius 1 is 1.38 bits per heavy atom. The van der Waals surface area contributed by atoms with E-state index in [1.54, 1.807) is 0 Å². The van der Waals surface area contributed by atoms with Crippen LogP contribution in [0.5, 0.6) is 0 Å². The van der Waals surface area contributed by atoms with Crippen LogP contribution in [0.4, 0.5) is 0 Å². The van der Waals surface area contributed by atoms with Crippen LogP contribution in [0.1, 0.15) is 19.3 Å². The lowest BCUT2D eigenvalue weighted by Crippen LogP contribution is -2.36. The molecule has 0 aromatic rings. The van der Waals surface area contributed by atoms with Crippen molar-refractivity contribution in [1.82, 2.24) is 0 Å². The Kier molecular flexibility index (Phi) is 1.62. The summed E-state index contributed by atoms with van der Waals surface area (Å²) in [6.45, 7) is 1.42. The molecule has 84 valence electrons. The Morgan fingerprint density at radius 3 is 3.25 bits per heavy atom. The predicted octanol–water partition coefficient (Wildman–Crippen LogP) is 1.39. The fraction of sp³-hybridized carbons (Fsp3) is 0.615. The van der Waals surface area contributed by atoms with E-state index >= 15 is 0 Å². The molecule has 1 aliphatic carbocycles. The first kappa shape index (κ1) is 9.14. The van der Waals surface area contributed by atoms with Gasteiger partial charge in [0, 0.05) is 17.9 Å². The summed E-state index contributed by atoms with van der Waals surface area (Å²) in [4.78, 5) is 11.9. The van der Waals surface area contributed by atoms with Crippen LogP contribution in [-0.4, -0.2) is 30.7 Å². The smallest absolute Gasteiger partial charge is 0.162 e. The second-order valence-corrected chi connectivity index (χ2v) is 5.21. The second kappa shape index (κ2) is 2.84. The summed E-state index contributed by atoms with van der Waals surface area (Å²) >= 11 is 0. The van der Waals surface area contributed by atoms with Gasteiger partial charge in [-0.1, -0.05) is 17.7 Å². The summed E-state index contributed by atoms with van der Waals surface area (Å²) < 4.78 is 11.7. The Balaban J connectivity index is 1.83. The van der Waals surface area contributed by atoms with E-state index in [2.05, 4.69) is 12.2 Å². The van der Waals surface area contributed by atoms with Crippen molar-refractivity contribution < 1.29 is 14.3 Å². The van der Waals surface area contributed by atoms with Gasteiger partial charge in [-0.2, -0.15) is 0 Å². The van der Waals surface area contributed by atoms with Crippen molar-refractivity contribution in [3.05, 3.63) is 23.3 Å². The molecule has 0 aromatic carbocycles. The van der Waals surface area contributed by atoms with E-state index < -0.39 is 0 Å². The minimum absolute atomic E-state index is 0.0864. The van der Waals surface area contributed by atoms with Crippen LogP contribution in [0, 0.1) is 5.92 Å². The van der Waals surface area contributed by atoms with Gasteiger partial charge in [0.25, 0.3) is 0 Å². The van der Waals surface area contributed by atoms with Crippen LogP contribution in [0.25, 0.3) is 0 Å². The van der Waals surface area contributed by atoms with Gasteiger partial charge in [0.1, 0.15) is 11.7 Å². The molecule has 16 heavy (non-hydrogen) atoms. The van der Waals surface area contributed by atoms with Crippen molar-refractivity contribution >= 4 is 5.78 Å². The number of allylic oxidation sites excluding steroid dienone is 1. The zero-order valence-corrected chi connectivity index (χ0v) is 9.07. The van der Waals surface area contributed by atoms with Crippen molar-refractivity contribution in [2.45, 2.75) is 31.0 Å². The zero-order valence-electron chi connectivity index (χ0n) is 9.07. The van der Waals surface area contributed by atoms with Gasteiger partial charge >= 0.3 is 0 Å². The number of hydrogen-bond donors (Lipinski definition) is 0. The Morgan fingerprint density at radius 2 is 2.31 bits per heavy atom. The van der Waals surface area contributed by atoms with E-state index in [0.29, 0.717) is 24.7 Å². The molecule has 2 bridgehead atoms. The minimum atomic E-state index is -0.227. The van der Waals surface area contributed by atoms with Gasteiger partial charge in [-0.15, -0.1) is 0 Å². The second-order valence-electron chi connectivity index (χ2n) is 5.21. The fourth-order valence-corrected chi connectivity index (χ4v) is 3.49. The van der Waals surface area contributed by atoms with Crippen molar-refractivity contribution in [3.63, 3.8) is 0 Å². The average Bonchev–Trinajstić information content (AvgIpc) is 2.90. The molecule has 0 N–H and O–H groups in total. The van der Waals surface area contributed by atoms with Crippen LogP contribution in [0.3, 0.4) is 0 Å². The van der Waals surface area contributed by atoms with Gasteiger partial charge in [0.05, 0.1) is 13.2 Å². The third-order valence-corrected chi connectivity index (χ3v) is 4.35. The third-order valence-electron chi connectivity index (χ3n) is 4.35. The number of Topliss-reactive ketones (excluding diaryl/α,β-unsaturated/α-hetero) is 1. The van der Waals surface area contributed by atoms with E-state index in [4.69, 9.17) is 9.47 Å². The number of rotatable bonds is 0. The largest absolute Gasteiger partial charge is 0.378 e. The lowest BCUT2D eigenvalue weighted by molar-refractivity contribution is -0.116. The SMILES string of the molecule is O=C1CCC2=C1[C@H]1C=C[C@]3(COC[C@H]3C2)O1. The molecule has 4 rings (SSSR count). The first-order chi connectivity index (χ1) is 7.78. The van der Waals surface area contributed by atoms with Gasteiger partial charge in [0.15, 0.2) is 5.78 Å². The van der Waals surface area contributed by atoms with Gasteiger partial charge in [-0.3, -0.25) is 4.79 Å². The lowest BCUT2D eigenvalue weighted by Gasteiger charge is -2.26. The van der Waals surface area contributed by atoms with Crippen LogP contribution in [0.2, 0.25) is 0 Å². The van der Waals surface area contributed by atoms with Crippen molar-refractivity contribution in [3.8, 4) is 0 Å². The molecule has 3 nitrogen and oxygen atoms in total. The topological polar surface area (TPSA) is 35.5 Å². The molecule has 1 fully saturated rings. The van der Waals surface area contributed by atoms with Crippen molar-refractivity contribution in [2.24, 2.45) is 5.92 Å². The molecule has 4 aliphatic rings. The van der Waals surface area contributed by atoms with Crippen LogP contribution in [0.15, 0.2) is 23.3 Å². The van der Waals surface area contributed by atoms with Crippen molar-refractivity contribution in [1.29, 1.82) is 0 Å². The molecule has 0 saturated carbocycles. The summed E-state index contributed by atoms with van der Waals surface area (Å²) in [5.41, 5.74) is 2.06. The van der Waals surface area contributed by atoms with Gasteiger partial charge in [-0.25, -0.2) is 0 Å². The standard InChI is InChI=1S/C13H14O3/c14-10-2-1-8-5-9-6-15-7-13(9)4-3-11(16-13)12(8)10/h3-4,9,11H,1-2,5-7H2/t9-,11-,13-/m1/s1. The maximum atomic E-state index is 11.9. The van der Waals surface area contributed by atoms with E-state index in [1.807, 2.05) is 0 Å². The maximum absolute atomic E-state index is 11.9. The normalized spacial score (nSPS) is 44.9. The molecular formula is C13H14O3. The molecule has 3 heterocycles. The number of ether oxygens (including phenoxy) is 2. The number of ketones is 1. The third kappa shape index (κ3) is 0.980. The van der Waals surface area contributed by atoms with E-state index in [1.165, 1.54) is 5.57 Å². The predicted molar refractivity (Wildman–Crippen MR) is 56.9 cm³/mol. The van der Waals surface area contributed by atoms with E-state index in [-0.39, 0.29) is 11.7 Å². The van der Waals surface area contributed by atoms with Gasteiger partial charge in [-0.05, 0) is 12.8 Å². The Bertz CT molecular complexity index is 434. The van der Waals surface area contributed by atoms with Crippen LogP contribution >= 0.6 is 0 Å². The van der Waals surface area contributed by atoms with Gasteiger partial charge in [0.2, 0.25) is 0 Å². The number of carbonyl (C=O) groups excluding carboxylic acids is 1. The molecule has 3 heteroatoms. The highest BCUT2D eigenvalue weighted by Gasteiger charge is 2.52. The molecule has 3 aliphatic heterocycles. The molecule has 1 saturated heterocycles. The van der Waals surface area contributed by atoms with Gasteiger partial charge < -0.3 is 9.47 Å². The molecule has 0 unspecified atom stereocenters. The average molecular weight is 218 g/mol. The molecule has 3 atom stereocenters. The summed E-state index contributed by atoms with van der Waals surface area (Å²) in [5, 5.41) is 0. The number of fused-ring (bicyclic) bond motifs is 2. The quantitative estimate of drug-likeness (QED) is 0.576. The summed E-state index contributed by atoms with van der Waals surface area (Å²) in [7, 11) is 0. The maximum Gasteiger partial charge on any atom is 0.162 e. The van der Waals surface area contributed by atoms with E-state index in [9.17, 15) is 4.79 Å². The first-order valence-electron chi connectivity index (χ1n) is 5.98. The molecule has 0 amide bonds. The zero-order chi connectivity index (χ0) is 10.8. The Labute approximate surface area is 94.1 Å². The highest BCUT2D eigenvalue weighted by molar-refractivity contribution is 6.00. The number of carbonyl (C=O) groups is 1. The molecule has 0 radical (unpaired) electrons. The monoisotopic (exact) mass is 218 g/mol. The lowest BCUT2D eigenvalue weighted by atomic mass is 9.84. The summed E-state index contributed by atoms with van der Waals surface area (Å²) in [5.74, 6) is 0.703. The first-order valence-corrected chi connectivity index (χ1v) is 5.98. The Hall–Kier alpha value is -0.930. The molecular weight excluding hydrogens is 204 g/mol. The molecule has 1 spiro atoms. The highest BCUT2D eigenvalue weighted by Crippen LogP contribution is 2.47. The highest BCUT2D eigenvalue weighted by atomic mass is 16.6. The van der Waals surface area contributed by atoms with E-state index in [0.717, 1.165) is 25.0 Å². The summed E-state index contributed by atoms with van der Waals surface area (Å²) in [6.07, 6.45) is 6.70. The van der Waals surface area contributed by atoms with Crippen LogP contribution in [-0.2, 0) is 14.3 Å². The van der Waals surface area contributed by atoms with Crippen LogP contribution < -0.4 is 0 Å². The minimum Gasteiger partial charge on any atom is -0.378 e. The summed E-state index contributed by atoms with van der Waals surface area (Å²) in [6, 6.07) is 0. The van der Waals surface area contributed by atoms with Crippen molar-refractivity contribution in [2.75, 3.05) is 13.2 Å². The number of hydrogen-bond acceptors (Lipinski definition) is 3. The molecule has 0 aromatic heterocycles. The fourth-order valence-electron chi connectivity index (χ4n) is 3.49.